The quantitative estimate of drug-likeness (QED) is 0.651. The monoisotopic (exact) mass is 289 g/mol. The molecule has 1 N–H and O–H groups in total. The Balaban J connectivity index is 3.09. The molecule has 0 spiro atoms. The summed E-state index contributed by atoms with van der Waals surface area (Å²) in [6.07, 6.45) is 5.31. The number of hydrogen-bond acceptors (Lipinski definition) is 1. The van der Waals surface area contributed by atoms with Crippen molar-refractivity contribution in [3.05, 3.63) is 33.1 Å². The molecule has 0 amide bonds. The first-order chi connectivity index (χ1) is 6.19. The van der Waals surface area contributed by atoms with Crippen LogP contribution in [0.4, 0.5) is 4.39 Å². The van der Waals surface area contributed by atoms with E-state index in [9.17, 15) is 4.39 Å². The minimum absolute atomic E-state index is 0.146. The molecule has 1 atom stereocenters. The van der Waals surface area contributed by atoms with Crippen LogP contribution < -0.4 is 5.32 Å². The maximum atomic E-state index is 12.7. The van der Waals surface area contributed by atoms with Crippen LogP contribution in [0.1, 0.15) is 11.6 Å². The third-order valence-electron chi connectivity index (χ3n) is 1.73. The lowest BCUT2D eigenvalue weighted by Gasteiger charge is -2.11. The van der Waals surface area contributed by atoms with Gasteiger partial charge in [-0.25, -0.2) is 4.39 Å². The van der Waals surface area contributed by atoms with Crippen LogP contribution in [0.15, 0.2) is 18.2 Å². The van der Waals surface area contributed by atoms with Crippen molar-refractivity contribution >= 4 is 22.6 Å². The smallest absolute Gasteiger partial charge is 0.124 e. The Bertz CT molecular complexity index is 343. The molecule has 0 saturated heterocycles. The van der Waals surface area contributed by atoms with E-state index in [4.69, 9.17) is 6.42 Å². The van der Waals surface area contributed by atoms with Gasteiger partial charge in [-0.1, -0.05) is 12.0 Å². The van der Waals surface area contributed by atoms with E-state index in [0.717, 1.165) is 9.13 Å². The molecule has 0 bridgehead atoms. The molecule has 3 heteroatoms. The van der Waals surface area contributed by atoms with Crippen LogP contribution >= 0.6 is 22.6 Å². The fourth-order valence-electron chi connectivity index (χ4n) is 1.06. The topological polar surface area (TPSA) is 12.0 Å². The number of halogens is 2. The largest absolute Gasteiger partial charge is 0.303 e. The molecule has 68 valence electrons. The first-order valence-electron chi connectivity index (χ1n) is 3.77. The highest BCUT2D eigenvalue weighted by molar-refractivity contribution is 14.1. The Labute approximate surface area is 90.9 Å². The van der Waals surface area contributed by atoms with Gasteiger partial charge in [0.05, 0.1) is 6.04 Å². The number of nitrogens with one attached hydrogen (secondary N) is 1. The van der Waals surface area contributed by atoms with Crippen molar-refractivity contribution in [3.63, 3.8) is 0 Å². The third-order valence-corrected chi connectivity index (χ3v) is 2.66. The van der Waals surface area contributed by atoms with Gasteiger partial charge in [0.1, 0.15) is 5.82 Å². The van der Waals surface area contributed by atoms with Crippen LogP contribution in [0.25, 0.3) is 0 Å². The maximum Gasteiger partial charge on any atom is 0.124 e. The SMILES string of the molecule is C#CC(NC)c1ccc(F)cc1I. The first-order valence-corrected chi connectivity index (χ1v) is 4.85. The first kappa shape index (κ1) is 10.5. The highest BCUT2D eigenvalue weighted by Gasteiger charge is 2.09. The van der Waals surface area contributed by atoms with Gasteiger partial charge < -0.3 is 5.32 Å². The lowest BCUT2D eigenvalue weighted by Crippen LogP contribution is -2.15. The summed E-state index contributed by atoms with van der Waals surface area (Å²) in [7, 11) is 1.78. The van der Waals surface area contributed by atoms with Gasteiger partial charge in [-0.2, -0.15) is 0 Å². The second-order valence-corrected chi connectivity index (χ2v) is 3.72. The summed E-state index contributed by atoms with van der Waals surface area (Å²) < 4.78 is 13.6. The molecule has 0 radical (unpaired) electrons. The minimum atomic E-state index is -0.236. The minimum Gasteiger partial charge on any atom is -0.303 e. The van der Waals surface area contributed by atoms with Gasteiger partial charge in [0.25, 0.3) is 0 Å². The molecule has 0 saturated carbocycles. The lowest BCUT2D eigenvalue weighted by molar-refractivity contribution is 0.623. The van der Waals surface area contributed by atoms with Gasteiger partial charge in [0.15, 0.2) is 0 Å². The van der Waals surface area contributed by atoms with Crippen molar-refractivity contribution in [2.45, 2.75) is 6.04 Å². The van der Waals surface area contributed by atoms with Crippen molar-refractivity contribution in [3.8, 4) is 12.3 Å². The standard InChI is InChI=1S/C10H9FIN/c1-3-10(13-2)8-5-4-7(11)6-9(8)12/h1,4-6,10,13H,2H3. The van der Waals surface area contributed by atoms with E-state index in [1.807, 2.05) is 0 Å². The van der Waals surface area contributed by atoms with Gasteiger partial charge >= 0.3 is 0 Å². The molecule has 0 aromatic heterocycles. The van der Waals surface area contributed by atoms with Crippen LogP contribution in [0.5, 0.6) is 0 Å². The molecule has 0 aliphatic rings. The van der Waals surface area contributed by atoms with Crippen LogP contribution in [0.3, 0.4) is 0 Å². The van der Waals surface area contributed by atoms with Gasteiger partial charge in [0.2, 0.25) is 0 Å². The number of rotatable bonds is 2. The second kappa shape index (κ2) is 4.58. The molecule has 13 heavy (non-hydrogen) atoms. The van der Waals surface area contributed by atoms with E-state index >= 15 is 0 Å². The van der Waals surface area contributed by atoms with E-state index in [1.54, 1.807) is 13.1 Å². The van der Waals surface area contributed by atoms with Crippen molar-refractivity contribution in [1.82, 2.24) is 5.32 Å². The molecule has 0 fully saturated rings. The van der Waals surface area contributed by atoms with Crippen LogP contribution in [0.2, 0.25) is 0 Å². The fourth-order valence-corrected chi connectivity index (χ4v) is 1.85. The van der Waals surface area contributed by atoms with Gasteiger partial charge in [-0.15, -0.1) is 6.42 Å². The maximum absolute atomic E-state index is 12.7. The summed E-state index contributed by atoms with van der Waals surface area (Å²) in [5, 5.41) is 2.96. The van der Waals surface area contributed by atoms with E-state index in [2.05, 4.69) is 33.8 Å². The number of terminal acetylenes is 1. The number of hydrogen-bond donors (Lipinski definition) is 1. The molecule has 1 aromatic rings. The number of benzene rings is 1. The van der Waals surface area contributed by atoms with Gasteiger partial charge in [-0.3, -0.25) is 0 Å². The molecule has 0 aliphatic carbocycles. The molecule has 1 unspecified atom stereocenters. The highest BCUT2D eigenvalue weighted by atomic mass is 127. The van der Waals surface area contributed by atoms with Gasteiger partial charge in [0, 0.05) is 3.57 Å². The van der Waals surface area contributed by atoms with Crippen LogP contribution in [-0.2, 0) is 0 Å². The van der Waals surface area contributed by atoms with Crippen molar-refractivity contribution in [2.75, 3.05) is 7.05 Å². The fraction of sp³-hybridized carbons (Fsp3) is 0.200. The Hall–Kier alpha value is -0.600. The molecule has 1 nitrogen and oxygen atoms in total. The predicted molar refractivity (Wildman–Crippen MR) is 59.8 cm³/mol. The van der Waals surface area contributed by atoms with E-state index < -0.39 is 0 Å². The average molecular weight is 289 g/mol. The summed E-state index contributed by atoms with van der Waals surface area (Å²) in [5.74, 6) is 2.35. The van der Waals surface area contributed by atoms with Crippen molar-refractivity contribution in [1.29, 1.82) is 0 Å². The van der Waals surface area contributed by atoms with Crippen LogP contribution in [-0.4, -0.2) is 7.05 Å². The average Bonchev–Trinajstić information content (AvgIpc) is 2.10. The second-order valence-electron chi connectivity index (χ2n) is 2.55. The van der Waals surface area contributed by atoms with E-state index in [0.29, 0.717) is 0 Å². The highest BCUT2D eigenvalue weighted by Crippen LogP contribution is 2.20. The van der Waals surface area contributed by atoms with E-state index in [-0.39, 0.29) is 11.9 Å². The Morgan fingerprint density at radius 2 is 2.31 bits per heavy atom. The molecule has 1 aromatic carbocycles. The lowest BCUT2D eigenvalue weighted by atomic mass is 10.1. The zero-order valence-electron chi connectivity index (χ0n) is 7.14. The summed E-state index contributed by atoms with van der Waals surface area (Å²) in [4.78, 5) is 0. The van der Waals surface area contributed by atoms with Crippen molar-refractivity contribution in [2.24, 2.45) is 0 Å². The van der Waals surface area contributed by atoms with Gasteiger partial charge in [-0.05, 0) is 47.3 Å². The van der Waals surface area contributed by atoms with Crippen LogP contribution in [0, 0.1) is 21.7 Å². The predicted octanol–water partition coefficient (Wildman–Crippen LogP) is 2.32. The zero-order chi connectivity index (χ0) is 9.84. The molecular weight excluding hydrogens is 280 g/mol. The molecular formula is C10H9FIN. The molecule has 0 heterocycles. The summed E-state index contributed by atoms with van der Waals surface area (Å²) >= 11 is 2.07. The van der Waals surface area contributed by atoms with Crippen molar-refractivity contribution < 1.29 is 4.39 Å². The van der Waals surface area contributed by atoms with E-state index in [1.165, 1.54) is 12.1 Å². The Morgan fingerprint density at radius 1 is 1.62 bits per heavy atom. The summed E-state index contributed by atoms with van der Waals surface area (Å²) in [6.45, 7) is 0. The molecule has 0 aliphatic heterocycles. The molecule has 1 rings (SSSR count). The zero-order valence-corrected chi connectivity index (χ0v) is 9.30. The normalized spacial score (nSPS) is 12.2. The Kier molecular flexibility index (Phi) is 3.70. The third kappa shape index (κ3) is 2.42. The Morgan fingerprint density at radius 3 is 2.77 bits per heavy atom. The summed E-state index contributed by atoms with van der Waals surface area (Å²) in [6, 6.07) is 4.45. The summed E-state index contributed by atoms with van der Waals surface area (Å²) in [5.41, 5.74) is 0.937.